The van der Waals surface area contributed by atoms with Crippen LogP contribution in [0, 0.1) is 0 Å². The number of hydrogen-bond donors (Lipinski definition) is 1. The molecule has 0 radical (unpaired) electrons. The first kappa shape index (κ1) is 30.5. The fraction of sp³-hybridized carbons (Fsp3) is 0.310. The number of halogens is 2. The zero-order valence-electron chi connectivity index (χ0n) is 22.2. The van der Waals surface area contributed by atoms with Gasteiger partial charge in [-0.3, -0.25) is 13.9 Å². The zero-order chi connectivity index (χ0) is 28.6. The molecule has 0 unspecified atom stereocenters. The molecular weight excluding hydrogens is 557 g/mol. The van der Waals surface area contributed by atoms with Crippen molar-refractivity contribution in [2.24, 2.45) is 0 Å². The predicted molar refractivity (Wildman–Crippen MR) is 158 cm³/mol. The van der Waals surface area contributed by atoms with Crippen molar-refractivity contribution in [1.29, 1.82) is 0 Å². The van der Waals surface area contributed by atoms with E-state index in [0.717, 1.165) is 28.1 Å². The molecule has 3 rings (SSSR count). The van der Waals surface area contributed by atoms with Crippen molar-refractivity contribution < 1.29 is 18.0 Å². The van der Waals surface area contributed by atoms with E-state index in [2.05, 4.69) is 5.32 Å². The summed E-state index contributed by atoms with van der Waals surface area (Å²) in [5, 5.41) is 3.59. The van der Waals surface area contributed by atoms with Crippen LogP contribution in [-0.2, 0) is 39.0 Å². The van der Waals surface area contributed by atoms with Crippen LogP contribution in [0.25, 0.3) is 0 Å². The lowest BCUT2D eigenvalue weighted by atomic mass is 10.0. The maximum atomic E-state index is 14.0. The molecule has 0 heterocycles. The first-order valence-corrected chi connectivity index (χ1v) is 15.3. The highest BCUT2D eigenvalue weighted by Gasteiger charge is 2.33. The van der Waals surface area contributed by atoms with E-state index < -0.39 is 28.5 Å². The fourth-order valence-electron chi connectivity index (χ4n) is 4.19. The lowest BCUT2D eigenvalue weighted by molar-refractivity contribution is -0.140. The number of carbonyl (C=O) groups excluding carboxylic acids is 2. The minimum Gasteiger partial charge on any atom is -0.355 e. The average molecular weight is 591 g/mol. The first-order chi connectivity index (χ1) is 18.5. The number of likely N-dealkylation sites (N-methyl/N-ethyl adjacent to an activating group) is 1. The van der Waals surface area contributed by atoms with Gasteiger partial charge in [-0.05, 0) is 54.3 Å². The van der Waals surface area contributed by atoms with Crippen molar-refractivity contribution in [3.8, 4) is 0 Å². The smallest absolute Gasteiger partial charge is 0.244 e. The maximum absolute atomic E-state index is 14.0. The summed E-state index contributed by atoms with van der Waals surface area (Å²) in [6.45, 7) is 3.66. The van der Waals surface area contributed by atoms with Gasteiger partial charge in [-0.15, -0.1) is 0 Å². The molecule has 0 aliphatic heterocycles. The van der Waals surface area contributed by atoms with Crippen LogP contribution in [-0.4, -0.2) is 50.5 Å². The van der Waals surface area contributed by atoms with Crippen LogP contribution in [0.4, 0.5) is 5.69 Å². The van der Waals surface area contributed by atoms with Gasteiger partial charge in [0.25, 0.3) is 0 Å². The molecule has 7 nitrogen and oxygen atoms in total. The van der Waals surface area contributed by atoms with Gasteiger partial charge in [-0.1, -0.05) is 78.7 Å². The number of benzene rings is 3. The lowest BCUT2D eigenvalue weighted by Gasteiger charge is -2.33. The molecule has 0 spiro atoms. The van der Waals surface area contributed by atoms with E-state index in [1.165, 1.54) is 4.90 Å². The summed E-state index contributed by atoms with van der Waals surface area (Å²) in [5.74, 6) is -0.892. The van der Waals surface area contributed by atoms with Gasteiger partial charge in [0.15, 0.2) is 0 Å². The molecule has 0 aliphatic rings. The van der Waals surface area contributed by atoms with Gasteiger partial charge in [-0.25, -0.2) is 8.42 Å². The number of aryl methyl sites for hydroxylation is 1. The average Bonchev–Trinajstić information content (AvgIpc) is 2.90. The largest absolute Gasteiger partial charge is 0.355 e. The Balaban J connectivity index is 2.05. The van der Waals surface area contributed by atoms with Gasteiger partial charge in [0.2, 0.25) is 21.8 Å². The molecule has 3 aromatic carbocycles. The summed E-state index contributed by atoms with van der Waals surface area (Å²) < 4.78 is 26.7. The van der Waals surface area contributed by atoms with Crippen molar-refractivity contribution in [3.05, 3.63) is 99.5 Å². The number of amides is 2. The third kappa shape index (κ3) is 8.46. The van der Waals surface area contributed by atoms with Crippen LogP contribution >= 0.6 is 23.2 Å². The Morgan fingerprint density at radius 2 is 1.59 bits per heavy atom. The summed E-state index contributed by atoms with van der Waals surface area (Å²) in [6.07, 6.45) is 2.08. The van der Waals surface area contributed by atoms with Crippen LogP contribution < -0.4 is 9.62 Å². The summed E-state index contributed by atoms with van der Waals surface area (Å²) in [5.41, 5.74) is 2.83. The first-order valence-electron chi connectivity index (χ1n) is 12.6. The highest BCUT2D eigenvalue weighted by molar-refractivity contribution is 7.92. The number of hydrogen-bond acceptors (Lipinski definition) is 4. The molecule has 39 heavy (non-hydrogen) atoms. The van der Waals surface area contributed by atoms with Crippen LogP contribution in [0.2, 0.25) is 10.0 Å². The second kappa shape index (κ2) is 13.8. The highest BCUT2D eigenvalue weighted by Crippen LogP contribution is 2.25. The van der Waals surface area contributed by atoms with Crippen LogP contribution in [0.3, 0.4) is 0 Å². The molecule has 3 aromatic rings. The molecule has 1 atom stereocenters. The minimum atomic E-state index is -3.83. The van der Waals surface area contributed by atoms with E-state index in [9.17, 15) is 18.0 Å². The van der Waals surface area contributed by atoms with Gasteiger partial charge in [0, 0.05) is 29.6 Å². The second-order valence-corrected chi connectivity index (χ2v) is 11.9. The highest BCUT2D eigenvalue weighted by atomic mass is 35.5. The van der Waals surface area contributed by atoms with E-state index in [-0.39, 0.29) is 18.9 Å². The third-order valence-corrected chi connectivity index (χ3v) is 8.02. The Morgan fingerprint density at radius 3 is 2.15 bits per heavy atom. The Bertz CT molecular complexity index is 1380. The minimum absolute atomic E-state index is 0.0180. The van der Waals surface area contributed by atoms with Crippen molar-refractivity contribution in [3.63, 3.8) is 0 Å². The molecule has 2 amide bonds. The summed E-state index contributed by atoms with van der Waals surface area (Å²) in [7, 11) is -3.83. The van der Waals surface area contributed by atoms with Gasteiger partial charge >= 0.3 is 0 Å². The topological polar surface area (TPSA) is 86.8 Å². The third-order valence-electron chi connectivity index (χ3n) is 6.29. The predicted octanol–water partition coefficient (Wildman–Crippen LogP) is 5.10. The molecule has 0 aliphatic carbocycles. The SMILES string of the molecule is CCNC(=O)[C@H](Cc1ccccc1)N(Cc1ccc(Cl)cc1Cl)C(=O)CN(c1ccc(CC)cc1)S(C)(=O)=O. The van der Waals surface area contributed by atoms with Crippen molar-refractivity contribution in [2.45, 2.75) is 39.3 Å². The molecule has 1 N–H and O–H groups in total. The van der Waals surface area contributed by atoms with Gasteiger partial charge < -0.3 is 10.2 Å². The summed E-state index contributed by atoms with van der Waals surface area (Å²) >= 11 is 12.5. The lowest BCUT2D eigenvalue weighted by Crippen LogP contribution is -2.53. The maximum Gasteiger partial charge on any atom is 0.244 e. The number of anilines is 1. The number of sulfonamides is 1. The summed E-state index contributed by atoms with van der Waals surface area (Å²) in [6, 6.07) is 20.4. The standard InChI is InChI=1S/C29H33Cl2N3O4S/c1-4-21-11-15-25(16-12-21)34(39(3,37)38)20-28(35)33(19-23-13-14-24(30)18-26(23)31)27(29(36)32-5-2)17-22-9-7-6-8-10-22/h6-16,18,27H,4-5,17,19-20H2,1-3H3,(H,32,36)/t27-/m0/s1. The van der Waals surface area contributed by atoms with Crippen molar-refractivity contribution in [2.75, 3.05) is 23.7 Å². The van der Waals surface area contributed by atoms with Crippen LogP contribution in [0.15, 0.2) is 72.8 Å². The molecule has 10 heteroatoms. The van der Waals surface area contributed by atoms with Crippen LogP contribution in [0.5, 0.6) is 0 Å². The van der Waals surface area contributed by atoms with E-state index in [1.807, 2.05) is 49.4 Å². The molecule has 0 fully saturated rings. The normalized spacial score (nSPS) is 12.0. The Morgan fingerprint density at radius 1 is 0.923 bits per heavy atom. The molecular formula is C29H33Cl2N3O4S. The molecule has 0 saturated carbocycles. The molecule has 0 saturated heterocycles. The van der Waals surface area contributed by atoms with Gasteiger partial charge in [0.1, 0.15) is 12.6 Å². The molecule has 208 valence electrons. The van der Waals surface area contributed by atoms with Gasteiger partial charge in [0.05, 0.1) is 11.9 Å². The fourth-order valence-corrected chi connectivity index (χ4v) is 5.51. The van der Waals surface area contributed by atoms with E-state index in [1.54, 1.807) is 37.3 Å². The number of rotatable bonds is 12. The number of nitrogens with zero attached hydrogens (tertiary/aromatic N) is 2. The molecule has 0 aromatic heterocycles. The second-order valence-electron chi connectivity index (χ2n) is 9.15. The van der Waals surface area contributed by atoms with E-state index in [4.69, 9.17) is 23.2 Å². The van der Waals surface area contributed by atoms with Crippen LogP contribution in [0.1, 0.15) is 30.5 Å². The summed E-state index contributed by atoms with van der Waals surface area (Å²) in [4.78, 5) is 28.7. The Kier molecular flexibility index (Phi) is 10.8. The van der Waals surface area contributed by atoms with Crippen molar-refractivity contribution >= 4 is 50.7 Å². The van der Waals surface area contributed by atoms with Crippen molar-refractivity contribution in [1.82, 2.24) is 10.2 Å². The monoisotopic (exact) mass is 589 g/mol. The molecule has 0 bridgehead atoms. The zero-order valence-corrected chi connectivity index (χ0v) is 24.6. The Labute approximate surface area is 240 Å². The number of nitrogens with one attached hydrogen (secondary N) is 1. The van der Waals surface area contributed by atoms with E-state index >= 15 is 0 Å². The van der Waals surface area contributed by atoms with Gasteiger partial charge in [-0.2, -0.15) is 0 Å². The quantitative estimate of drug-likeness (QED) is 0.318. The number of carbonyl (C=O) groups is 2. The Hall–Kier alpha value is -3.07. The van der Waals surface area contributed by atoms with E-state index in [0.29, 0.717) is 27.8 Å².